The molecule has 1 aromatic heterocycles. The second kappa shape index (κ2) is 6.97. The summed E-state index contributed by atoms with van der Waals surface area (Å²) >= 11 is 0. The standard InChI is InChI=1S/C23H27N3O2/c1-15-12-18(14-23(2,3)13-15)26-20-7-5-4-6-19(20)25-22(26)24-17-10-8-16(9-11-17)21(27)28/h4-11,15,18H,12-14H2,1-3H3,(H,24,25)(H,27,28)/t15-,18?/m0/s1. The van der Waals surface area contributed by atoms with Gasteiger partial charge in [-0.2, -0.15) is 0 Å². The molecule has 28 heavy (non-hydrogen) atoms. The van der Waals surface area contributed by atoms with Crippen molar-refractivity contribution in [3.63, 3.8) is 0 Å². The van der Waals surface area contributed by atoms with E-state index in [9.17, 15) is 4.79 Å². The number of carbonyl (C=O) groups is 1. The molecule has 1 heterocycles. The summed E-state index contributed by atoms with van der Waals surface area (Å²) in [6.07, 6.45) is 3.50. The van der Waals surface area contributed by atoms with E-state index in [1.54, 1.807) is 24.3 Å². The Morgan fingerprint density at radius 3 is 2.54 bits per heavy atom. The summed E-state index contributed by atoms with van der Waals surface area (Å²) in [5, 5.41) is 12.5. The minimum absolute atomic E-state index is 0.280. The van der Waals surface area contributed by atoms with Crippen LogP contribution in [0.1, 0.15) is 56.4 Å². The van der Waals surface area contributed by atoms with Gasteiger partial charge in [-0.05, 0) is 67.0 Å². The molecule has 1 aliphatic rings. The van der Waals surface area contributed by atoms with Crippen LogP contribution in [-0.2, 0) is 0 Å². The molecule has 1 unspecified atom stereocenters. The zero-order valence-electron chi connectivity index (χ0n) is 16.6. The summed E-state index contributed by atoms with van der Waals surface area (Å²) in [7, 11) is 0. The zero-order valence-corrected chi connectivity index (χ0v) is 16.6. The van der Waals surface area contributed by atoms with E-state index in [0.29, 0.717) is 17.4 Å². The number of carboxylic acids is 1. The third kappa shape index (κ3) is 3.61. The first-order valence-corrected chi connectivity index (χ1v) is 9.90. The molecule has 0 bridgehead atoms. The first-order valence-electron chi connectivity index (χ1n) is 9.90. The number of aromatic nitrogens is 2. The summed E-state index contributed by atoms with van der Waals surface area (Å²) in [6, 6.07) is 15.4. The zero-order chi connectivity index (χ0) is 19.9. The number of para-hydroxylation sites is 2. The van der Waals surface area contributed by atoms with Crippen LogP contribution in [-0.4, -0.2) is 20.6 Å². The molecule has 4 rings (SSSR count). The van der Waals surface area contributed by atoms with E-state index in [0.717, 1.165) is 35.5 Å². The van der Waals surface area contributed by atoms with Gasteiger partial charge in [-0.1, -0.05) is 32.9 Å². The van der Waals surface area contributed by atoms with Crippen molar-refractivity contribution in [2.45, 2.75) is 46.1 Å². The van der Waals surface area contributed by atoms with Gasteiger partial charge in [0.1, 0.15) is 0 Å². The predicted molar refractivity (Wildman–Crippen MR) is 112 cm³/mol. The van der Waals surface area contributed by atoms with Crippen molar-refractivity contribution in [3.05, 3.63) is 54.1 Å². The molecule has 0 aliphatic heterocycles. The summed E-state index contributed by atoms with van der Waals surface area (Å²) in [5.74, 6) is 0.564. The van der Waals surface area contributed by atoms with Crippen molar-refractivity contribution < 1.29 is 9.90 Å². The van der Waals surface area contributed by atoms with E-state index in [2.05, 4.69) is 42.8 Å². The second-order valence-corrected chi connectivity index (χ2v) is 8.87. The molecule has 1 saturated carbocycles. The molecule has 5 heteroatoms. The van der Waals surface area contributed by atoms with Crippen LogP contribution in [0.25, 0.3) is 11.0 Å². The average Bonchev–Trinajstić information content (AvgIpc) is 2.98. The number of aromatic carboxylic acids is 1. The fraction of sp³-hybridized carbons (Fsp3) is 0.391. The summed E-state index contributed by atoms with van der Waals surface area (Å²) in [6.45, 7) is 7.05. The number of hydrogen-bond acceptors (Lipinski definition) is 3. The van der Waals surface area contributed by atoms with Crippen molar-refractivity contribution >= 4 is 28.6 Å². The molecule has 0 amide bonds. The molecule has 146 valence electrons. The van der Waals surface area contributed by atoms with E-state index in [-0.39, 0.29) is 5.56 Å². The van der Waals surface area contributed by atoms with Gasteiger partial charge in [0.2, 0.25) is 5.95 Å². The summed E-state index contributed by atoms with van der Waals surface area (Å²) in [5.41, 5.74) is 3.53. The molecular weight excluding hydrogens is 350 g/mol. The summed E-state index contributed by atoms with van der Waals surface area (Å²) < 4.78 is 2.35. The lowest BCUT2D eigenvalue weighted by molar-refractivity contribution is 0.0697. The third-order valence-corrected chi connectivity index (χ3v) is 5.71. The molecule has 1 fully saturated rings. The molecular formula is C23H27N3O2. The lowest BCUT2D eigenvalue weighted by Gasteiger charge is -2.40. The number of fused-ring (bicyclic) bond motifs is 1. The van der Waals surface area contributed by atoms with Crippen LogP contribution in [0.2, 0.25) is 0 Å². The van der Waals surface area contributed by atoms with Crippen LogP contribution in [0.15, 0.2) is 48.5 Å². The highest BCUT2D eigenvalue weighted by Gasteiger charge is 2.34. The predicted octanol–water partition coefficient (Wildman–Crippen LogP) is 5.87. The Morgan fingerprint density at radius 2 is 1.86 bits per heavy atom. The number of nitrogens with one attached hydrogen (secondary N) is 1. The van der Waals surface area contributed by atoms with Gasteiger partial charge in [0.05, 0.1) is 16.6 Å². The Labute approximate surface area is 165 Å². The Balaban J connectivity index is 1.74. The molecule has 1 aliphatic carbocycles. The minimum atomic E-state index is -0.919. The average molecular weight is 377 g/mol. The first kappa shape index (κ1) is 18.5. The molecule has 2 atom stereocenters. The second-order valence-electron chi connectivity index (χ2n) is 8.87. The monoisotopic (exact) mass is 377 g/mol. The number of carboxylic acid groups (broad SMARTS) is 1. The van der Waals surface area contributed by atoms with Crippen molar-refractivity contribution in [2.24, 2.45) is 11.3 Å². The molecule has 0 radical (unpaired) electrons. The Kier molecular flexibility index (Phi) is 4.61. The molecule has 5 nitrogen and oxygen atoms in total. The van der Waals surface area contributed by atoms with Crippen LogP contribution in [0.5, 0.6) is 0 Å². The largest absolute Gasteiger partial charge is 0.478 e. The maximum atomic E-state index is 11.1. The number of anilines is 2. The number of hydrogen-bond donors (Lipinski definition) is 2. The van der Waals surface area contributed by atoms with Gasteiger partial charge in [-0.3, -0.25) is 0 Å². The van der Waals surface area contributed by atoms with Gasteiger partial charge in [0.15, 0.2) is 0 Å². The fourth-order valence-electron chi connectivity index (χ4n) is 4.82. The quantitative estimate of drug-likeness (QED) is 0.597. The highest BCUT2D eigenvalue weighted by atomic mass is 16.4. The van der Waals surface area contributed by atoms with E-state index in [1.165, 1.54) is 6.42 Å². The van der Waals surface area contributed by atoms with Crippen molar-refractivity contribution in [1.82, 2.24) is 9.55 Å². The normalized spacial score (nSPS) is 21.5. The number of benzene rings is 2. The lowest BCUT2D eigenvalue weighted by atomic mass is 9.70. The lowest BCUT2D eigenvalue weighted by Crippen LogP contribution is -2.29. The molecule has 0 spiro atoms. The third-order valence-electron chi connectivity index (χ3n) is 5.71. The van der Waals surface area contributed by atoms with Crippen LogP contribution in [0.3, 0.4) is 0 Å². The molecule has 2 N–H and O–H groups in total. The molecule has 3 aromatic rings. The number of imidazole rings is 1. The highest BCUT2D eigenvalue weighted by Crippen LogP contribution is 2.45. The maximum absolute atomic E-state index is 11.1. The molecule has 2 aromatic carbocycles. The van der Waals surface area contributed by atoms with E-state index in [1.807, 2.05) is 12.1 Å². The first-order chi connectivity index (χ1) is 13.3. The number of nitrogens with zero attached hydrogens (tertiary/aromatic N) is 2. The van der Waals surface area contributed by atoms with Crippen LogP contribution >= 0.6 is 0 Å². The van der Waals surface area contributed by atoms with Gasteiger partial charge in [0.25, 0.3) is 0 Å². The van der Waals surface area contributed by atoms with Gasteiger partial charge in [0, 0.05) is 11.7 Å². The van der Waals surface area contributed by atoms with Gasteiger partial charge >= 0.3 is 5.97 Å². The number of rotatable bonds is 4. The van der Waals surface area contributed by atoms with Gasteiger partial charge in [-0.25, -0.2) is 9.78 Å². The fourth-order valence-corrected chi connectivity index (χ4v) is 4.82. The van der Waals surface area contributed by atoms with Crippen molar-refractivity contribution in [2.75, 3.05) is 5.32 Å². The van der Waals surface area contributed by atoms with Crippen LogP contribution in [0.4, 0.5) is 11.6 Å². The topological polar surface area (TPSA) is 67.2 Å². The van der Waals surface area contributed by atoms with Gasteiger partial charge < -0.3 is 15.0 Å². The smallest absolute Gasteiger partial charge is 0.335 e. The van der Waals surface area contributed by atoms with Crippen molar-refractivity contribution in [3.8, 4) is 0 Å². The van der Waals surface area contributed by atoms with Gasteiger partial charge in [-0.15, -0.1) is 0 Å². The summed E-state index contributed by atoms with van der Waals surface area (Å²) in [4.78, 5) is 16.0. The Bertz CT molecular complexity index is 1000. The van der Waals surface area contributed by atoms with E-state index in [4.69, 9.17) is 10.1 Å². The van der Waals surface area contributed by atoms with Crippen LogP contribution in [0, 0.1) is 11.3 Å². The van der Waals surface area contributed by atoms with Crippen LogP contribution < -0.4 is 5.32 Å². The Morgan fingerprint density at radius 1 is 1.14 bits per heavy atom. The van der Waals surface area contributed by atoms with E-state index >= 15 is 0 Å². The highest BCUT2D eigenvalue weighted by molar-refractivity contribution is 5.88. The SMILES string of the molecule is C[C@H]1CC(n2c(Nc3ccc(C(=O)O)cc3)nc3ccccc32)CC(C)(C)C1. The maximum Gasteiger partial charge on any atom is 0.335 e. The minimum Gasteiger partial charge on any atom is -0.478 e. The Hall–Kier alpha value is -2.82. The molecule has 0 saturated heterocycles. The van der Waals surface area contributed by atoms with Crippen molar-refractivity contribution in [1.29, 1.82) is 0 Å². The van der Waals surface area contributed by atoms with E-state index < -0.39 is 5.97 Å².